The van der Waals surface area contributed by atoms with Crippen LogP contribution >= 0.6 is 0 Å². The number of aliphatic hydroxyl groups is 1. The molecule has 1 aliphatic heterocycles. The maximum Gasteiger partial charge on any atom is 0.141 e. The number of amidine groups is 1. The Labute approximate surface area is 118 Å². The molecule has 0 aliphatic carbocycles. The van der Waals surface area contributed by atoms with Crippen LogP contribution in [0, 0.1) is 0 Å². The van der Waals surface area contributed by atoms with Crippen molar-refractivity contribution >= 4 is 5.84 Å². The summed E-state index contributed by atoms with van der Waals surface area (Å²) in [6.45, 7) is 1.97. The van der Waals surface area contributed by atoms with Crippen molar-refractivity contribution in [3.05, 3.63) is 35.9 Å². The fourth-order valence-corrected chi connectivity index (χ4v) is 2.51. The lowest BCUT2D eigenvalue weighted by Gasteiger charge is -2.37. The van der Waals surface area contributed by atoms with Gasteiger partial charge in [-0.05, 0) is 5.56 Å². The van der Waals surface area contributed by atoms with Crippen molar-refractivity contribution in [1.82, 2.24) is 4.90 Å². The van der Waals surface area contributed by atoms with E-state index in [-0.39, 0.29) is 24.6 Å². The van der Waals surface area contributed by atoms with Gasteiger partial charge in [0, 0.05) is 25.6 Å². The first kappa shape index (κ1) is 14.8. The van der Waals surface area contributed by atoms with Crippen LogP contribution in [0.5, 0.6) is 0 Å². The highest BCUT2D eigenvalue weighted by molar-refractivity contribution is 5.80. The van der Waals surface area contributed by atoms with Gasteiger partial charge in [-0.15, -0.1) is 0 Å². The average Bonchev–Trinajstić information content (AvgIpc) is 2.53. The highest BCUT2D eigenvalue weighted by Gasteiger charge is 2.27. The fourth-order valence-electron chi connectivity index (χ4n) is 2.51. The molecule has 1 aliphatic rings. The van der Waals surface area contributed by atoms with Gasteiger partial charge in [0.1, 0.15) is 5.84 Å². The smallest absolute Gasteiger partial charge is 0.141 e. The minimum atomic E-state index is -0.178. The molecule has 0 bridgehead atoms. The van der Waals surface area contributed by atoms with Gasteiger partial charge < -0.3 is 20.8 Å². The number of benzene rings is 1. The van der Waals surface area contributed by atoms with Crippen molar-refractivity contribution < 1.29 is 15.1 Å². The molecule has 20 heavy (non-hydrogen) atoms. The van der Waals surface area contributed by atoms with Gasteiger partial charge in [0.2, 0.25) is 0 Å². The molecule has 1 heterocycles. The van der Waals surface area contributed by atoms with Crippen LogP contribution in [-0.4, -0.2) is 53.5 Å². The Morgan fingerprint density at radius 2 is 2.20 bits per heavy atom. The minimum Gasteiger partial charge on any atom is -0.409 e. The first-order valence-electron chi connectivity index (χ1n) is 6.72. The number of morpholine rings is 1. The molecule has 0 saturated carbocycles. The predicted octanol–water partition coefficient (Wildman–Crippen LogP) is 0.557. The molecule has 2 unspecified atom stereocenters. The van der Waals surface area contributed by atoms with Crippen LogP contribution in [0.1, 0.15) is 18.0 Å². The van der Waals surface area contributed by atoms with Crippen LogP contribution in [0.4, 0.5) is 0 Å². The molecule has 0 spiro atoms. The fraction of sp³-hybridized carbons (Fsp3) is 0.500. The number of nitrogens with zero attached hydrogens (tertiary/aromatic N) is 2. The van der Waals surface area contributed by atoms with E-state index < -0.39 is 0 Å². The quantitative estimate of drug-likeness (QED) is 0.317. The van der Waals surface area contributed by atoms with Crippen molar-refractivity contribution in [2.75, 3.05) is 26.3 Å². The van der Waals surface area contributed by atoms with Gasteiger partial charge >= 0.3 is 0 Å². The second kappa shape index (κ2) is 7.23. The zero-order chi connectivity index (χ0) is 14.4. The summed E-state index contributed by atoms with van der Waals surface area (Å²) in [4.78, 5) is 2.21. The Hall–Kier alpha value is -1.63. The highest BCUT2D eigenvalue weighted by atomic mass is 16.5. The Balaban J connectivity index is 2.17. The largest absolute Gasteiger partial charge is 0.409 e. The lowest BCUT2D eigenvalue weighted by atomic mass is 10.0. The number of ether oxygens (including phenoxy) is 1. The summed E-state index contributed by atoms with van der Waals surface area (Å²) in [5.41, 5.74) is 6.79. The zero-order valence-corrected chi connectivity index (χ0v) is 11.4. The van der Waals surface area contributed by atoms with E-state index in [0.29, 0.717) is 19.6 Å². The molecule has 2 rings (SSSR count). The van der Waals surface area contributed by atoms with Gasteiger partial charge in [-0.2, -0.15) is 0 Å². The van der Waals surface area contributed by atoms with Crippen LogP contribution in [-0.2, 0) is 4.74 Å². The van der Waals surface area contributed by atoms with Crippen molar-refractivity contribution in [2.45, 2.75) is 18.6 Å². The topological polar surface area (TPSA) is 91.3 Å². The third kappa shape index (κ3) is 3.69. The molecular formula is C14H21N3O3. The summed E-state index contributed by atoms with van der Waals surface area (Å²) in [5.74, 6) is 0.200. The van der Waals surface area contributed by atoms with E-state index in [0.717, 1.165) is 12.1 Å². The van der Waals surface area contributed by atoms with Crippen LogP contribution < -0.4 is 5.73 Å². The summed E-state index contributed by atoms with van der Waals surface area (Å²) < 4.78 is 5.47. The summed E-state index contributed by atoms with van der Waals surface area (Å²) in [5, 5.41) is 21.1. The van der Waals surface area contributed by atoms with Gasteiger partial charge in [-0.25, -0.2) is 0 Å². The molecular weight excluding hydrogens is 258 g/mol. The van der Waals surface area contributed by atoms with Crippen LogP contribution in [0.25, 0.3) is 0 Å². The predicted molar refractivity (Wildman–Crippen MR) is 75.6 cm³/mol. The zero-order valence-electron chi connectivity index (χ0n) is 11.4. The van der Waals surface area contributed by atoms with Gasteiger partial charge in [-0.1, -0.05) is 35.5 Å². The molecule has 0 amide bonds. The maximum atomic E-state index is 9.25. The average molecular weight is 279 g/mol. The third-order valence-corrected chi connectivity index (χ3v) is 3.53. The molecule has 1 aromatic carbocycles. The van der Waals surface area contributed by atoms with Gasteiger partial charge in [0.25, 0.3) is 0 Å². The molecule has 2 atom stereocenters. The molecule has 1 saturated heterocycles. The molecule has 1 fully saturated rings. The number of hydrogen-bond donors (Lipinski definition) is 3. The van der Waals surface area contributed by atoms with Gasteiger partial charge in [-0.3, -0.25) is 4.90 Å². The number of oxime groups is 1. The first-order chi connectivity index (χ1) is 9.74. The van der Waals surface area contributed by atoms with Crippen LogP contribution in [0.15, 0.2) is 35.5 Å². The van der Waals surface area contributed by atoms with Crippen molar-refractivity contribution in [3.8, 4) is 0 Å². The van der Waals surface area contributed by atoms with Crippen LogP contribution in [0.2, 0.25) is 0 Å². The summed E-state index contributed by atoms with van der Waals surface area (Å²) >= 11 is 0. The maximum absolute atomic E-state index is 9.25. The molecule has 4 N–H and O–H groups in total. The third-order valence-electron chi connectivity index (χ3n) is 3.53. The molecule has 6 nitrogen and oxygen atoms in total. The van der Waals surface area contributed by atoms with E-state index in [1.165, 1.54) is 0 Å². The van der Waals surface area contributed by atoms with Crippen LogP contribution in [0.3, 0.4) is 0 Å². The molecule has 110 valence electrons. The first-order valence-corrected chi connectivity index (χ1v) is 6.72. The Bertz CT molecular complexity index is 439. The number of aliphatic hydroxyl groups excluding tert-OH is 1. The monoisotopic (exact) mass is 279 g/mol. The molecule has 1 aromatic rings. The van der Waals surface area contributed by atoms with Gasteiger partial charge in [0.05, 0.1) is 19.3 Å². The lowest BCUT2D eigenvalue weighted by Crippen LogP contribution is -2.46. The number of rotatable bonds is 5. The SMILES string of the molecule is N/C(CC(c1ccccc1)N1CCOC(CO)C1)=N/O. The lowest BCUT2D eigenvalue weighted by molar-refractivity contribution is -0.0646. The number of nitrogens with two attached hydrogens (primary N) is 1. The van der Waals surface area contributed by atoms with Crippen molar-refractivity contribution in [3.63, 3.8) is 0 Å². The minimum absolute atomic E-state index is 0.00157. The summed E-state index contributed by atoms with van der Waals surface area (Å²) in [7, 11) is 0. The Morgan fingerprint density at radius 1 is 1.45 bits per heavy atom. The van der Waals surface area contributed by atoms with E-state index in [9.17, 15) is 5.11 Å². The van der Waals surface area contributed by atoms with E-state index in [1.807, 2.05) is 30.3 Å². The Kier molecular flexibility index (Phi) is 5.34. The Morgan fingerprint density at radius 3 is 2.85 bits per heavy atom. The van der Waals surface area contributed by atoms with Gasteiger partial charge in [0.15, 0.2) is 0 Å². The highest BCUT2D eigenvalue weighted by Crippen LogP contribution is 2.26. The normalized spacial score (nSPS) is 22.6. The van der Waals surface area contributed by atoms with E-state index in [1.54, 1.807) is 0 Å². The van der Waals surface area contributed by atoms with Crippen molar-refractivity contribution in [2.24, 2.45) is 10.9 Å². The standard InChI is InChI=1S/C14H21N3O3/c15-14(16-19)8-13(11-4-2-1-3-5-11)17-6-7-20-12(9-17)10-18/h1-5,12-13,18-19H,6-10H2,(H2,15,16). The molecule has 6 heteroatoms. The summed E-state index contributed by atoms with van der Waals surface area (Å²) in [6.07, 6.45) is 0.265. The van der Waals surface area contributed by atoms with E-state index in [2.05, 4.69) is 10.1 Å². The number of hydrogen-bond acceptors (Lipinski definition) is 5. The summed E-state index contributed by atoms with van der Waals surface area (Å²) in [6, 6.07) is 9.97. The van der Waals surface area contributed by atoms with E-state index in [4.69, 9.17) is 15.7 Å². The second-order valence-electron chi connectivity index (χ2n) is 4.89. The second-order valence-corrected chi connectivity index (χ2v) is 4.89. The van der Waals surface area contributed by atoms with E-state index >= 15 is 0 Å². The molecule has 0 radical (unpaired) electrons. The molecule has 0 aromatic heterocycles. The van der Waals surface area contributed by atoms with Crippen molar-refractivity contribution in [1.29, 1.82) is 0 Å².